The lowest BCUT2D eigenvalue weighted by Crippen LogP contribution is -2.18. The van der Waals surface area contributed by atoms with Crippen LogP contribution in [0.4, 0.5) is 73.9 Å². The number of halogens is 3. The van der Waals surface area contributed by atoms with Gasteiger partial charge in [-0.2, -0.15) is 0 Å². The van der Waals surface area contributed by atoms with Crippen molar-refractivity contribution in [2.75, 3.05) is 90.6 Å². The number of fused-ring (bicyclic) bond motifs is 3. The van der Waals surface area contributed by atoms with Crippen molar-refractivity contribution in [2.24, 2.45) is 15.0 Å². The summed E-state index contributed by atoms with van der Waals surface area (Å²) in [7, 11) is -3.76. The predicted molar refractivity (Wildman–Crippen MR) is 612 cm³/mol. The summed E-state index contributed by atoms with van der Waals surface area (Å²) in [6.45, 7) is 21.2. The van der Waals surface area contributed by atoms with Crippen LogP contribution in [0.5, 0.6) is 0 Å². The van der Waals surface area contributed by atoms with Crippen LogP contribution in [0, 0.1) is 92.7 Å². The Morgan fingerprint density at radius 1 is 0.389 bits per heavy atom. The van der Waals surface area contributed by atoms with Gasteiger partial charge in [0.05, 0.1) is 78.3 Å². The number of esters is 2. The predicted octanol–water partition coefficient (Wildman–Crippen LogP) is 24.2. The molecule has 0 bridgehead atoms. The lowest BCUT2D eigenvalue weighted by Gasteiger charge is -2.08. The van der Waals surface area contributed by atoms with Gasteiger partial charge in [-0.15, -0.1) is 47.0 Å². The summed E-state index contributed by atoms with van der Waals surface area (Å²) in [4.78, 5) is 117. The summed E-state index contributed by atoms with van der Waals surface area (Å²) in [6, 6.07) is 57.7. The largest absolute Gasteiger partial charge is 0.465 e. The molecule has 15 rings (SSSR count). The fourth-order valence-corrected chi connectivity index (χ4v) is 20.5. The highest BCUT2D eigenvalue weighted by Gasteiger charge is 2.26. The monoisotopic (exact) mass is 2330 g/mol. The maximum Gasteiger partial charge on any atom is 0.337 e. The number of nitrogens with one attached hydrogen (secondary N) is 4. The minimum atomic E-state index is -3.27. The van der Waals surface area contributed by atoms with Crippen LogP contribution in [0.15, 0.2) is 252 Å². The first-order valence-corrected chi connectivity index (χ1v) is 56.2. The number of amides is 4. The third-order valence-electron chi connectivity index (χ3n) is 22.2. The smallest absolute Gasteiger partial charge is 0.337 e. The number of nitro groups is 3. The van der Waals surface area contributed by atoms with Gasteiger partial charge in [-0.05, 0) is 298 Å². The number of hydrogen-bond acceptors (Lipinski definition) is 30. The summed E-state index contributed by atoms with van der Waals surface area (Å²) in [5.74, 6) is -1.94. The van der Waals surface area contributed by atoms with E-state index in [1.165, 1.54) is 127 Å². The molecule has 0 saturated heterocycles. The SMILES string of the molecule is CC(=O)Nc1cc(Br)c(C)cc1[N+](=O)[O-].CC(=O)Nc1ccc(C)c(Br)c1.COC(=O)c1cccc(CC2=Nc3cc(C)c(S(C)(=O)=O)cc3C2)c1.COC(=O)c1cccc(CC2=Nc3cc(C)c(SC)cc3C2)c1.CSc1cc(N)c(N)cc1C.CSc1cc(N)c([N+](=O)[O-])cc1C.CSc1cc(NC(C)=O)c([N+](=O)[O-])cc1C.Cc1cc2c(cc1S(C)(=O)=O)CC(Cc1cccc(C(=O)NO)c1)=N2.Cc1ccc(N)cc1Br. The Morgan fingerprint density at radius 3 is 1.11 bits per heavy atom. The van der Waals surface area contributed by atoms with Crippen LogP contribution >= 0.6 is 94.8 Å². The van der Waals surface area contributed by atoms with Crippen LogP contribution in [-0.4, -0.2) is 141 Å². The lowest BCUT2D eigenvalue weighted by atomic mass is 10.0. The molecule has 12 aromatic carbocycles. The van der Waals surface area contributed by atoms with Gasteiger partial charge in [-0.1, -0.05) is 96.3 Å². The molecule has 33 nitrogen and oxygen atoms in total. The fourth-order valence-electron chi connectivity index (χ4n) is 14.9. The zero-order valence-electron chi connectivity index (χ0n) is 85.6. The first-order valence-electron chi connectivity index (χ1n) is 45.1. The molecule has 0 radical (unpaired) electrons. The van der Waals surface area contributed by atoms with Crippen molar-refractivity contribution in [1.82, 2.24) is 5.48 Å². The third kappa shape index (κ3) is 37.1. The van der Waals surface area contributed by atoms with Gasteiger partial charge < -0.3 is 48.4 Å². The molecule has 13 N–H and O–H groups in total. The number of nitrogens with two attached hydrogens (primary N) is 4. The van der Waals surface area contributed by atoms with Gasteiger partial charge in [0.25, 0.3) is 23.0 Å². The normalized spacial score (nSPS) is 11.4. The van der Waals surface area contributed by atoms with Gasteiger partial charge in [0, 0.05) is 157 Å². The van der Waals surface area contributed by atoms with Crippen LogP contribution in [0.25, 0.3) is 0 Å². The zero-order chi connectivity index (χ0) is 111. The molecule has 12 aromatic rings. The molecule has 149 heavy (non-hydrogen) atoms. The minimum absolute atomic E-state index is 0.0182. The number of thioether (sulfide) groups is 4. The van der Waals surface area contributed by atoms with Crippen LogP contribution in [-0.2, 0) is 82.1 Å². The van der Waals surface area contributed by atoms with E-state index in [0.717, 1.165) is 132 Å². The number of nitrogens with zero attached hydrogens (tertiary/aromatic N) is 6. The first kappa shape index (κ1) is 122. The molecule has 0 saturated carbocycles. The van der Waals surface area contributed by atoms with Crippen molar-refractivity contribution in [3.8, 4) is 0 Å². The van der Waals surface area contributed by atoms with Gasteiger partial charge in [0.1, 0.15) is 17.1 Å². The number of hydrogen-bond donors (Lipinski definition) is 9. The Balaban J connectivity index is 0.000000231. The second-order valence-electron chi connectivity index (χ2n) is 34.2. The average Bonchev–Trinajstić information content (AvgIpc) is 1.65. The number of aliphatic imine (C=N–C) groups is 3. The molecule has 0 fully saturated rings. The fraction of sp³-hybridized carbons (Fsp3) is 0.243. The second-order valence-corrected chi connectivity index (χ2v) is 44.1. The maximum absolute atomic E-state index is 11.9. The Morgan fingerprint density at radius 2 is 0.725 bits per heavy atom. The number of methoxy groups -OCH3 is 2. The molecule has 0 aromatic heterocycles. The van der Waals surface area contributed by atoms with E-state index >= 15 is 0 Å². The number of nitrogen functional groups attached to an aromatic ring is 4. The summed E-state index contributed by atoms with van der Waals surface area (Å²) in [6.07, 6.45) is 14.3. The number of hydroxylamine groups is 1. The van der Waals surface area contributed by atoms with Crippen molar-refractivity contribution in [3.63, 3.8) is 0 Å². The molecule has 4 amide bonds. The molecular formula is C107H117Br3N14O19S6. The number of benzene rings is 12. The van der Waals surface area contributed by atoms with Crippen molar-refractivity contribution >= 4 is 241 Å². The van der Waals surface area contributed by atoms with E-state index in [0.29, 0.717) is 74.7 Å². The maximum atomic E-state index is 11.9. The minimum Gasteiger partial charge on any atom is -0.465 e. The van der Waals surface area contributed by atoms with Gasteiger partial charge in [-0.3, -0.25) is 69.7 Å². The van der Waals surface area contributed by atoms with E-state index in [2.05, 4.69) is 99.0 Å². The van der Waals surface area contributed by atoms with E-state index < -0.39 is 40.4 Å². The topological polar surface area (TPSA) is 528 Å². The molecule has 0 atom stereocenters. The van der Waals surface area contributed by atoms with Crippen LogP contribution in [0.1, 0.15) is 135 Å². The molecule has 42 heteroatoms. The summed E-state index contributed by atoms with van der Waals surface area (Å²) >= 11 is 16.5. The Hall–Kier alpha value is -13.4. The van der Waals surface area contributed by atoms with Crippen molar-refractivity contribution in [1.29, 1.82) is 0 Å². The highest BCUT2D eigenvalue weighted by atomic mass is 79.9. The number of carbonyl (C=O) groups is 6. The Bertz CT molecular complexity index is 7290. The molecule has 3 heterocycles. The molecule has 3 aliphatic rings. The number of rotatable bonds is 21. The first-order chi connectivity index (χ1) is 70.0. The molecular weight excluding hydrogens is 2220 g/mol. The zero-order valence-corrected chi connectivity index (χ0v) is 95.2. The number of ether oxygens (including phenoxy) is 2. The number of anilines is 7. The molecule has 0 spiro atoms. The van der Waals surface area contributed by atoms with Gasteiger partial charge >= 0.3 is 11.9 Å². The summed E-state index contributed by atoms with van der Waals surface area (Å²) in [5.41, 5.74) is 49.2. The standard InChI is InChI=1S/C19H19NO4S.C19H19NO2S.C18H18N2O4S.C10H12N2O3S.C9H9BrN2O3.C9H10BrNO.C8H10N2O2S.C8H12N2S.C7H8BrN/c1-12-7-17-15(11-18(12)25(3,22)23)10-16(20-17)9-13-5-4-6-14(8-13)19(21)24-2;1-12-7-17-15(11-18(12)23-3)10-16(20-17)9-13-5-4-6-14(8-13)19(21)22-2;1-11-6-16-14(10-17(11)25(2,23)24)9-15(19-16)8-12-4-3-5-13(7-12)18(21)20-22;1-6-4-9(12(14)15)8(11-7(2)13)5-10(6)16-3;1-5-3-9(12(14)15)8(4-7(5)10)11-6(2)13;1-6-3-4-8(5-9(6)10)11-7(2)12;1-5-3-7(10(11)12)6(9)4-8(5)13-2;1-5-3-6(9)7(10)4-8(5)11-2;1-5-2-3-6(9)4-7(5)8/h4-8,11H,9-10H2,1-3H3;4-8,11H,9-10H2,1-3H3;3-7,10,22H,8-9H2,1-2H3,(H,20,21);4-5H,1-3H3,(H,11,13);3-4H,1-2H3,(H,11,13);3-5H,1-2H3,(H,11,12);3-4H,9H2,1-2H3;3-4H,9-10H2,1-2H3;2-4H,9H2,1H3. The van der Waals surface area contributed by atoms with Gasteiger partial charge in [0.15, 0.2) is 19.7 Å². The van der Waals surface area contributed by atoms with Crippen LogP contribution in [0.3, 0.4) is 0 Å². The number of nitro benzene ring substituents is 3. The second kappa shape index (κ2) is 56.8. The Labute approximate surface area is 908 Å². The van der Waals surface area contributed by atoms with Crippen molar-refractivity contribution in [2.45, 2.75) is 151 Å². The van der Waals surface area contributed by atoms with E-state index in [-0.39, 0.29) is 63.8 Å². The number of carbonyl (C=O) groups excluding carboxylic acids is 6. The van der Waals surface area contributed by atoms with E-state index in [9.17, 15) is 75.9 Å². The molecule has 0 unspecified atom stereocenters. The van der Waals surface area contributed by atoms with E-state index in [4.69, 9.17) is 42.6 Å². The van der Waals surface area contributed by atoms with E-state index in [1.54, 1.807) is 123 Å². The highest BCUT2D eigenvalue weighted by molar-refractivity contribution is 9.11. The van der Waals surface area contributed by atoms with Crippen LogP contribution < -0.4 is 44.4 Å². The van der Waals surface area contributed by atoms with Crippen molar-refractivity contribution in [3.05, 3.63) is 338 Å². The number of sulfone groups is 2. The average molecular weight is 2340 g/mol. The summed E-state index contributed by atoms with van der Waals surface area (Å²) in [5, 5.41) is 48.3. The van der Waals surface area contributed by atoms with E-state index in [1.807, 2.05) is 137 Å². The quantitative estimate of drug-likeness (QED) is 0.00805. The molecule has 3 aliphatic heterocycles. The van der Waals surface area contributed by atoms with Gasteiger partial charge in [0.2, 0.25) is 17.7 Å². The highest BCUT2D eigenvalue weighted by Crippen LogP contribution is 2.40. The number of aryl methyl sites for hydroxylation is 9. The molecule has 0 aliphatic carbocycles. The Kier molecular flexibility index (Phi) is 46.7. The lowest BCUT2D eigenvalue weighted by molar-refractivity contribution is -0.384. The van der Waals surface area contributed by atoms with Crippen molar-refractivity contribution < 1.29 is 75.1 Å². The third-order valence-corrected chi connectivity index (χ3v) is 30.8. The summed E-state index contributed by atoms with van der Waals surface area (Å²) < 4.78 is 59.8. The molecule has 786 valence electrons. The van der Waals surface area contributed by atoms with Crippen LogP contribution in [0.2, 0.25) is 0 Å². The van der Waals surface area contributed by atoms with Gasteiger partial charge in [-0.25, -0.2) is 31.9 Å².